The number of aryl methyl sites for hydroxylation is 1. The monoisotopic (exact) mass is 349 g/mol. The van der Waals surface area contributed by atoms with Crippen LogP contribution in [0.5, 0.6) is 0 Å². The van der Waals surface area contributed by atoms with Gasteiger partial charge in [-0.1, -0.05) is 28.1 Å². The highest BCUT2D eigenvalue weighted by Crippen LogP contribution is 2.20. The standard InChI is InChI=1S/C16H16BrNO3/c1-9-14(11(3)19)10(2)18-15(9)16(20)21-8-12-4-6-13(17)7-5-12/h4-7,18H,8H2,1-3H3. The SMILES string of the molecule is CC(=O)c1c(C)[nH]c(C(=O)OCc2ccc(Br)cc2)c1C. The molecule has 0 aliphatic heterocycles. The number of ether oxygens (including phenoxy) is 1. The number of rotatable bonds is 4. The molecule has 0 fully saturated rings. The summed E-state index contributed by atoms with van der Waals surface area (Å²) in [7, 11) is 0. The van der Waals surface area contributed by atoms with Gasteiger partial charge in [-0.05, 0) is 44.0 Å². The fourth-order valence-electron chi connectivity index (χ4n) is 2.28. The Balaban J connectivity index is 2.12. The van der Waals surface area contributed by atoms with E-state index in [1.807, 2.05) is 24.3 Å². The predicted molar refractivity (Wildman–Crippen MR) is 83.5 cm³/mol. The summed E-state index contributed by atoms with van der Waals surface area (Å²) in [6.45, 7) is 5.20. The van der Waals surface area contributed by atoms with E-state index in [1.54, 1.807) is 13.8 Å². The van der Waals surface area contributed by atoms with Gasteiger partial charge in [-0.15, -0.1) is 0 Å². The van der Waals surface area contributed by atoms with E-state index >= 15 is 0 Å². The maximum atomic E-state index is 12.1. The number of carbonyl (C=O) groups excluding carboxylic acids is 2. The average Bonchev–Trinajstić information content (AvgIpc) is 2.73. The zero-order valence-corrected chi connectivity index (χ0v) is 13.7. The molecule has 0 saturated carbocycles. The molecule has 1 aromatic heterocycles. The van der Waals surface area contributed by atoms with E-state index in [2.05, 4.69) is 20.9 Å². The fraction of sp³-hybridized carbons (Fsp3) is 0.250. The number of aromatic nitrogens is 1. The lowest BCUT2D eigenvalue weighted by Gasteiger charge is -2.05. The van der Waals surface area contributed by atoms with E-state index < -0.39 is 5.97 Å². The summed E-state index contributed by atoms with van der Waals surface area (Å²) in [6, 6.07) is 7.54. The molecule has 110 valence electrons. The molecular weight excluding hydrogens is 334 g/mol. The molecule has 0 atom stereocenters. The van der Waals surface area contributed by atoms with E-state index in [-0.39, 0.29) is 12.4 Å². The van der Waals surface area contributed by atoms with Crippen LogP contribution < -0.4 is 0 Å². The van der Waals surface area contributed by atoms with Gasteiger partial charge in [-0.2, -0.15) is 0 Å². The Hall–Kier alpha value is -1.88. The second-order valence-electron chi connectivity index (χ2n) is 4.88. The lowest BCUT2D eigenvalue weighted by molar-refractivity contribution is 0.0465. The van der Waals surface area contributed by atoms with Crippen LogP contribution in [-0.4, -0.2) is 16.7 Å². The van der Waals surface area contributed by atoms with Crippen molar-refractivity contribution < 1.29 is 14.3 Å². The van der Waals surface area contributed by atoms with E-state index in [4.69, 9.17) is 4.74 Å². The number of H-pyrrole nitrogens is 1. The molecule has 2 aromatic rings. The lowest BCUT2D eigenvalue weighted by atomic mass is 10.1. The molecule has 0 saturated heterocycles. The number of halogens is 1. The van der Waals surface area contributed by atoms with Crippen LogP contribution >= 0.6 is 15.9 Å². The van der Waals surface area contributed by atoms with E-state index in [0.29, 0.717) is 22.5 Å². The highest BCUT2D eigenvalue weighted by atomic mass is 79.9. The zero-order chi connectivity index (χ0) is 15.6. The summed E-state index contributed by atoms with van der Waals surface area (Å²) in [6.07, 6.45) is 0. The second-order valence-corrected chi connectivity index (χ2v) is 5.80. The molecule has 2 rings (SSSR count). The van der Waals surface area contributed by atoms with Crippen LogP contribution in [0.4, 0.5) is 0 Å². The van der Waals surface area contributed by atoms with Gasteiger partial charge in [0.2, 0.25) is 0 Å². The Morgan fingerprint density at radius 1 is 1.19 bits per heavy atom. The highest BCUT2D eigenvalue weighted by molar-refractivity contribution is 9.10. The number of esters is 1. The highest BCUT2D eigenvalue weighted by Gasteiger charge is 2.20. The largest absolute Gasteiger partial charge is 0.456 e. The van der Waals surface area contributed by atoms with Crippen molar-refractivity contribution >= 4 is 27.7 Å². The molecule has 1 heterocycles. The average molecular weight is 350 g/mol. The quantitative estimate of drug-likeness (QED) is 0.671. The van der Waals surface area contributed by atoms with Crippen molar-refractivity contribution in [2.24, 2.45) is 0 Å². The molecule has 1 aromatic carbocycles. The maximum Gasteiger partial charge on any atom is 0.355 e. The maximum absolute atomic E-state index is 12.1. The molecule has 0 aliphatic rings. The second kappa shape index (κ2) is 6.26. The van der Waals surface area contributed by atoms with Crippen molar-refractivity contribution in [1.29, 1.82) is 0 Å². The van der Waals surface area contributed by atoms with Crippen LogP contribution in [0.15, 0.2) is 28.7 Å². The summed E-state index contributed by atoms with van der Waals surface area (Å²) in [5.41, 5.74) is 3.14. The molecule has 0 amide bonds. The van der Waals surface area contributed by atoms with Crippen LogP contribution in [0.3, 0.4) is 0 Å². The Labute approximate surface area is 131 Å². The molecule has 4 nitrogen and oxygen atoms in total. The first-order valence-electron chi connectivity index (χ1n) is 6.51. The predicted octanol–water partition coefficient (Wildman–Crippen LogP) is 3.95. The number of benzene rings is 1. The molecular formula is C16H16BrNO3. The van der Waals surface area contributed by atoms with Gasteiger partial charge in [-0.25, -0.2) is 4.79 Å². The van der Waals surface area contributed by atoms with Crippen LogP contribution in [0.1, 0.15) is 44.6 Å². The third-order valence-corrected chi connectivity index (χ3v) is 3.81. The van der Waals surface area contributed by atoms with Crippen LogP contribution in [0.2, 0.25) is 0 Å². The van der Waals surface area contributed by atoms with Gasteiger partial charge < -0.3 is 9.72 Å². The molecule has 0 aliphatic carbocycles. The number of carbonyl (C=O) groups is 2. The van der Waals surface area contributed by atoms with Gasteiger partial charge in [0.1, 0.15) is 12.3 Å². The molecule has 1 N–H and O–H groups in total. The number of ketones is 1. The van der Waals surface area contributed by atoms with Gasteiger partial charge in [0.05, 0.1) is 0 Å². The Bertz CT molecular complexity index is 686. The van der Waals surface area contributed by atoms with Gasteiger partial charge >= 0.3 is 5.97 Å². The molecule has 0 bridgehead atoms. The molecule has 0 radical (unpaired) electrons. The topological polar surface area (TPSA) is 59.2 Å². The van der Waals surface area contributed by atoms with E-state index in [1.165, 1.54) is 6.92 Å². The molecule has 5 heteroatoms. The summed E-state index contributed by atoms with van der Waals surface area (Å²) in [5, 5.41) is 0. The van der Waals surface area contributed by atoms with Crippen molar-refractivity contribution in [3.63, 3.8) is 0 Å². The summed E-state index contributed by atoms with van der Waals surface area (Å²) in [4.78, 5) is 26.6. The molecule has 0 unspecified atom stereocenters. The first kappa shape index (κ1) is 15.5. The minimum absolute atomic E-state index is 0.0618. The lowest BCUT2D eigenvalue weighted by Crippen LogP contribution is -2.07. The van der Waals surface area contributed by atoms with E-state index in [0.717, 1.165) is 10.0 Å². The summed E-state index contributed by atoms with van der Waals surface area (Å²) in [5.74, 6) is -0.515. The molecule has 0 spiro atoms. The number of Topliss-reactive ketones (excluding diaryl/α,β-unsaturated/α-hetero) is 1. The summed E-state index contributed by atoms with van der Waals surface area (Å²) >= 11 is 3.35. The number of hydrogen-bond donors (Lipinski definition) is 1. The fourth-order valence-corrected chi connectivity index (χ4v) is 2.55. The number of hydrogen-bond acceptors (Lipinski definition) is 3. The van der Waals surface area contributed by atoms with Crippen molar-refractivity contribution in [2.75, 3.05) is 0 Å². The van der Waals surface area contributed by atoms with Crippen molar-refractivity contribution in [2.45, 2.75) is 27.4 Å². The first-order chi connectivity index (χ1) is 9.90. The number of aromatic amines is 1. The van der Waals surface area contributed by atoms with Gasteiger partial charge in [0.25, 0.3) is 0 Å². The van der Waals surface area contributed by atoms with Crippen molar-refractivity contribution in [3.8, 4) is 0 Å². The van der Waals surface area contributed by atoms with Crippen LogP contribution in [0.25, 0.3) is 0 Å². The van der Waals surface area contributed by atoms with Gasteiger partial charge in [0.15, 0.2) is 5.78 Å². The first-order valence-corrected chi connectivity index (χ1v) is 7.31. The molecule has 21 heavy (non-hydrogen) atoms. The Morgan fingerprint density at radius 2 is 1.81 bits per heavy atom. The number of nitrogens with one attached hydrogen (secondary N) is 1. The third kappa shape index (κ3) is 3.42. The minimum Gasteiger partial charge on any atom is -0.456 e. The zero-order valence-electron chi connectivity index (χ0n) is 12.1. The van der Waals surface area contributed by atoms with Crippen molar-refractivity contribution in [1.82, 2.24) is 4.98 Å². The van der Waals surface area contributed by atoms with Gasteiger partial charge in [0, 0.05) is 15.7 Å². The van der Waals surface area contributed by atoms with Crippen molar-refractivity contribution in [3.05, 3.63) is 56.8 Å². The summed E-state index contributed by atoms with van der Waals surface area (Å²) < 4.78 is 6.26. The Morgan fingerprint density at radius 3 is 2.33 bits per heavy atom. The third-order valence-electron chi connectivity index (χ3n) is 3.28. The van der Waals surface area contributed by atoms with Gasteiger partial charge in [-0.3, -0.25) is 4.79 Å². The van der Waals surface area contributed by atoms with Crippen LogP contribution in [0, 0.1) is 13.8 Å². The normalized spacial score (nSPS) is 10.5. The Kier molecular flexibility index (Phi) is 4.63. The minimum atomic E-state index is -0.453. The van der Waals surface area contributed by atoms with E-state index in [9.17, 15) is 9.59 Å². The smallest absolute Gasteiger partial charge is 0.355 e. The van der Waals surface area contributed by atoms with Crippen LogP contribution in [-0.2, 0) is 11.3 Å².